The first kappa shape index (κ1) is 28.4. The normalized spacial score (nSPS) is 11.2. The molecule has 0 rings (SSSR count). The number of hydrogen-bond acceptors (Lipinski definition) is 3. The molecule has 0 aliphatic rings. The van der Waals surface area contributed by atoms with Gasteiger partial charge in [0.05, 0.1) is 5.97 Å². The van der Waals surface area contributed by atoms with Crippen LogP contribution in [0.3, 0.4) is 0 Å². The van der Waals surface area contributed by atoms with Gasteiger partial charge in [-0.3, -0.25) is 0 Å². The van der Waals surface area contributed by atoms with Crippen LogP contribution in [0.5, 0.6) is 0 Å². The quantitative estimate of drug-likeness (QED) is 0.197. The Labute approximate surface area is 185 Å². The van der Waals surface area contributed by atoms with Crippen molar-refractivity contribution in [2.75, 3.05) is 20.1 Å². The molecule has 0 aliphatic heterocycles. The molecule has 0 aromatic rings. The van der Waals surface area contributed by atoms with Gasteiger partial charge >= 0.3 is 29.6 Å². The molecule has 0 saturated heterocycles. The molecular weight excluding hydrogens is 333 g/mol. The van der Waals surface area contributed by atoms with Crippen molar-refractivity contribution in [2.24, 2.45) is 0 Å². The van der Waals surface area contributed by atoms with Gasteiger partial charge in [0.1, 0.15) is 0 Å². The van der Waals surface area contributed by atoms with Crippen LogP contribution in [0.25, 0.3) is 0 Å². The fourth-order valence-corrected chi connectivity index (χ4v) is 3.11. The molecule has 0 amide bonds. The van der Waals surface area contributed by atoms with E-state index in [-0.39, 0.29) is 36.1 Å². The van der Waals surface area contributed by atoms with Crippen molar-refractivity contribution in [3.05, 3.63) is 12.2 Å². The van der Waals surface area contributed by atoms with Crippen LogP contribution in [-0.4, -0.2) is 31.0 Å². The molecule has 0 aromatic carbocycles. The largest absolute Gasteiger partial charge is 1.00 e. The average Bonchev–Trinajstić information content (AvgIpc) is 2.57. The van der Waals surface area contributed by atoms with Crippen LogP contribution >= 0.6 is 0 Å². The van der Waals surface area contributed by atoms with E-state index in [0.717, 1.165) is 13.0 Å². The van der Waals surface area contributed by atoms with E-state index in [4.69, 9.17) is 0 Å². The second-order valence-electron chi connectivity index (χ2n) is 7.40. The summed E-state index contributed by atoms with van der Waals surface area (Å²) < 4.78 is 0. The van der Waals surface area contributed by atoms with E-state index in [0.29, 0.717) is 0 Å². The molecule has 4 heteroatoms. The summed E-state index contributed by atoms with van der Waals surface area (Å²) in [5, 5.41) is 10.4. The standard InChI is InChI=1S/C22H43NO2.Na/c1-3-4-5-6-7-8-9-10-11-12-13-14-15-16-17-18-19-20-23(2)21-22(24)25;/h10-11H,3-9,12-21H2,1-2H3,(H,24,25);/q;+1/p-1/b11-10-;. The summed E-state index contributed by atoms with van der Waals surface area (Å²) in [6.45, 7) is 3.18. The Bertz CT molecular complexity index is 321. The Morgan fingerprint density at radius 1 is 0.769 bits per heavy atom. The molecule has 0 heterocycles. The zero-order chi connectivity index (χ0) is 18.6. The Kier molecular flexibility index (Phi) is 25.3. The van der Waals surface area contributed by atoms with Gasteiger partial charge in [-0.15, -0.1) is 0 Å². The second kappa shape index (κ2) is 23.2. The van der Waals surface area contributed by atoms with Crippen LogP contribution < -0.4 is 34.7 Å². The fraction of sp³-hybridized carbons (Fsp3) is 0.864. The minimum absolute atomic E-state index is 0. The maximum atomic E-state index is 10.4. The number of likely N-dealkylation sites (N-methyl/N-ethyl adjacent to an activating group) is 1. The summed E-state index contributed by atoms with van der Waals surface area (Å²) in [7, 11) is 1.84. The van der Waals surface area contributed by atoms with Gasteiger partial charge in [-0.05, 0) is 45.7 Å². The molecule has 0 bridgehead atoms. The van der Waals surface area contributed by atoms with Crippen LogP contribution in [0, 0.1) is 0 Å². The van der Waals surface area contributed by atoms with Gasteiger partial charge in [-0.1, -0.05) is 83.3 Å². The monoisotopic (exact) mass is 375 g/mol. The van der Waals surface area contributed by atoms with Crippen LogP contribution in [0.1, 0.15) is 103 Å². The van der Waals surface area contributed by atoms with Crippen LogP contribution in [-0.2, 0) is 4.79 Å². The van der Waals surface area contributed by atoms with E-state index >= 15 is 0 Å². The number of hydrogen-bond donors (Lipinski definition) is 0. The smallest absolute Gasteiger partial charge is 0.549 e. The van der Waals surface area contributed by atoms with Crippen molar-refractivity contribution in [1.29, 1.82) is 0 Å². The van der Waals surface area contributed by atoms with E-state index in [1.165, 1.54) is 89.9 Å². The number of nitrogens with zero attached hydrogens (tertiary/aromatic N) is 1. The summed E-state index contributed by atoms with van der Waals surface area (Å²) in [6.07, 6.45) is 24.4. The number of allylic oxidation sites excluding steroid dienone is 2. The molecule has 26 heavy (non-hydrogen) atoms. The Hall–Kier alpha value is 0.170. The second-order valence-corrected chi connectivity index (χ2v) is 7.40. The molecular formula is C22H42NNaO2. The van der Waals surface area contributed by atoms with E-state index < -0.39 is 5.97 Å². The Morgan fingerprint density at radius 2 is 1.19 bits per heavy atom. The molecule has 0 radical (unpaired) electrons. The molecule has 3 nitrogen and oxygen atoms in total. The van der Waals surface area contributed by atoms with E-state index in [9.17, 15) is 9.90 Å². The number of rotatable bonds is 19. The van der Waals surface area contributed by atoms with Gasteiger partial charge < -0.3 is 14.8 Å². The third-order valence-corrected chi connectivity index (χ3v) is 4.70. The van der Waals surface area contributed by atoms with Gasteiger partial charge in [-0.2, -0.15) is 0 Å². The zero-order valence-electron chi connectivity index (χ0n) is 17.9. The molecule has 0 aliphatic carbocycles. The first-order valence-corrected chi connectivity index (χ1v) is 10.7. The molecule has 0 fully saturated rings. The van der Waals surface area contributed by atoms with E-state index in [1.807, 2.05) is 11.9 Å². The molecule has 0 aromatic heterocycles. The van der Waals surface area contributed by atoms with E-state index in [2.05, 4.69) is 19.1 Å². The number of carboxylic acid groups (broad SMARTS) is 1. The van der Waals surface area contributed by atoms with Crippen molar-refractivity contribution in [2.45, 2.75) is 103 Å². The topological polar surface area (TPSA) is 43.4 Å². The maximum absolute atomic E-state index is 10.4. The number of unbranched alkanes of at least 4 members (excludes halogenated alkanes) is 13. The molecule has 0 saturated carbocycles. The molecule has 0 unspecified atom stereocenters. The minimum Gasteiger partial charge on any atom is -0.549 e. The summed E-state index contributed by atoms with van der Waals surface area (Å²) >= 11 is 0. The van der Waals surface area contributed by atoms with Crippen molar-refractivity contribution in [3.8, 4) is 0 Å². The summed E-state index contributed by atoms with van der Waals surface area (Å²) in [4.78, 5) is 12.3. The zero-order valence-corrected chi connectivity index (χ0v) is 19.9. The number of carbonyl (C=O) groups is 1. The van der Waals surface area contributed by atoms with Gasteiger partial charge in [-0.25, -0.2) is 0 Å². The van der Waals surface area contributed by atoms with E-state index in [1.54, 1.807) is 0 Å². The summed E-state index contributed by atoms with van der Waals surface area (Å²) in [5.74, 6) is -0.983. The minimum atomic E-state index is -0.983. The third kappa shape index (κ3) is 24.2. The third-order valence-electron chi connectivity index (χ3n) is 4.70. The van der Waals surface area contributed by atoms with Gasteiger partial charge in [0.15, 0.2) is 0 Å². The van der Waals surface area contributed by atoms with Crippen molar-refractivity contribution < 1.29 is 39.5 Å². The first-order valence-electron chi connectivity index (χ1n) is 10.7. The van der Waals surface area contributed by atoms with Crippen molar-refractivity contribution >= 4 is 5.97 Å². The van der Waals surface area contributed by atoms with Crippen LogP contribution in [0.15, 0.2) is 12.2 Å². The molecule has 0 atom stereocenters. The predicted molar refractivity (Wildman–Crippen MR) is 107 cm³/mol. The summed E-state index contributed by atoms with van der Waals surface area (Å²) in [6, 6.07) is 0. The number of carbonyl (C=O) groups excluding carboxylic acids is 1. The van der Waals surface area contributed by atoms with Crippen LogP contribution in [0.4, 0.5) is 0 Å². The Balaban J connectivity index is 0. The molecule has 0 spiro atoms. The van der Waals surface area contributed by atoms with Crippen LogP contribution in [0.2, 0.25) is 0 Å². The fourth-order valence-electron chi connectivity index (χ4n) is 3.11. The van der Waals surface area contributed by atoms with Gasteiger partial charge in [0.25, 0.3) is 0 Å². The number of aliphatic carboxylic acids is 1. The molecule has 148 valence electrons. The van der Waals surface area contributed by atoms with Crippen molar-refractivity contribution in [3.63, 3.8) is 0 Å². The SMILES string of the molecule is CCCCCCCC/C=C\CCCCCCCCCN(C)CC(=O)[O-].[Na+]. The maximum Gasteiger partial charge on any atom is 1.00 e. The Morgan fingerprint density at radius 3 is 1.65 bits per heavy atom. The summed E-state index contributed by atoms with van der Waals surface area (Å²) in [5.41, 5.74) is 0. The predicted octanol–water partition coefficient (Wildman–Crippen LogP) is 2.10. The van der Waals surface area contributed by atoms with Gasteiger partial charge in [0, 0.05) is 6.54 Å². The molecule has 0 N–H and O–H groups in total. The number of carboxylic acids is 1. The first-order chi connectivity index (χ1) is 12.2. The van der Waals surface area contributed by atoms with Crippen molar-refractivity contribution in [1.82, 2.24) is 4.90 Å². The average molecular weight is 376 g/mol. The van der Waals surface area contributed by atoms with Gasteiger partial charge in [0.2, 0.25) is 0 Å².